The van der Waals surface area contributed by atoms with Crippen LogP contribution in [-0.4, -0.2) is 17.1 Å². The lowest BCUT2D eigenvalue weighted by atomic mass is 9.85. The predicted molar refractivity (Wildman–Crippen MR) is 49.9 cm³/mol. The monoisotopic (exact) mass is 194 g/mol. The minimum absolute atomic E-state index is 0.0951. The molecule has 0 spiro atoms. The molecule has 13 heavy (non-hydrogen) atoms. The Labute approximate surface area is 79.1 Å². The fraction of sp³-hybridized carbons (Fsp3) is 1.00. The largest absolute Gasteiger partial charge is 0.384 e. The highest BCUT2D eigenvalue weighted by atomic mass is 19.3. The van der Waals surface area contributed by atoms with Gasteiger partial charge in [0.2, 0.25) is 0 Å². The van der Waals surface area contributed by atoms with Crippen LogP contribution < -0.4 is 0 Å². The Morgan fingerprint density at radius 3 is 1.46 bits per heavy atom. The highest BCUT2D eigenvalue weighted by molar-refractivity contribution is 4.83. The number of alkyl halides is 2. The average Bonchev–Trinajstić information content (AvgIpc) is 1.82. The molecule has 0 amide bonds. The van der Waals surface area contributed by atoms with Crippen LogP contribution in [0.1, 0.15) is 40.5 Å². The van der Waals surface area contributed by atoms with Crippen LogP contribution in [0.2, 0.25) is 0 Å². The molecule has 0 aromatic rings. The lowest BCUT2D eigenvalue weighted by molar-refractivity contribution is -0.118. The van der Waals surface area contributed by atoms with Crippen LogP contribution in [0.5, 0.6) is 0 Å². The van der Waals surface area contributed by atoms with Crippen molar-refractivity contribution in [2.75, 3.05) is 0 Å². The standard InChI is InChI=1S/C10H20F2O/c1-7(2)5-10(13,9(11)12)6-8(3)4/h7-9,13H,5-6H2,1-4H3. The molecule has 0 saturated carbocycles. The molecule has 0 aliphatic rings. The predicted octanol–water partition coefficient (Wildman–Crippen LogP) is 3.07. The number of hydrogen-bond acceptors (Lipinski definition) is 1. The fourth-order valence-corrected chi connectivity index (χ4v) is 1.68. The minimum Gasteiger partial charge on any atom is -0.384 e. The summed E-state index contributed by atoms with van der Waals surface area (Å²) >= 11 is 0. The van der Waals surface area contributed by atoms with Crippen molar-refractivity contribution >= 4 is 0 Å². The van der Waals surface area contributed by atoms with Gasteiger partial charge >= 0.3 is 0 Å². The molecular weight excluding hydrogens is 174 g/mol. The zero-order valence-corrected chi connectivity index (χ0v) is 8.85. The Kier molecular flexibility index (Phi) is 4.82. The Morgan fingerprint density at radius 2 is 1.31 bits per heavy atom. The van der Waals surface area contributed by atoms with E-state index >= 15 is 0 Å². The molecule has 0 radical (unpaired) electrons. The number of aliphatic hydroxyl groups is 1. The highest BCUT2D eigenvalue weighted by Gasteiger charge is 2.38. The van der Waals surface area contributed by atoms with Gasteiger partial charge in [0.05, 0.1) is 0 Å². The van der Waals surface area contributed by atoms with Crippen LogP contribution in [0.3, 0.4) is 0 Å². The van der Waals surface area contributed by atoms with Crippen molar-refractivity contribution in [1.29, 1.82) is 0 Å². The molecule has 1 nitrogen and oxygen atoms in total. The normalized spacial score (nSPS) is 13.4. The third-order valence-corrected chi connectivity index (χ3v) is 1.93. The van der Waals surface area contributed by atoms with E-state index < -0.39 is 12.0 Å². The summed E-state index contributed by atoms with van der Waals surface area (Å²) in [5, 5.41) is 9.68. The van der Waals surface area contributed by atoms with Gasteiger partial charge in [0.25, 0.3) is 6.43 Å². The van der Waals surface area contributed by atoms with E-state index in [1.807, 2.05) is 27.7 Å². The van der Waals surface area contributed by atoms with Crippen LogP contribution in [0.25, 0.3) is 0 Å². The summed E-state index contributed by atoms with van der Waals surface area (Å²) in [6, 6.07) is 0. The summed E-state index contributed by atoms with van der Waals surface area (Å²) < 4.78 is 25.1. The third-order valence-electron chi connectivity index (χ3n) is 1.93. The second-order valence-electron chi connectivity index (χ2n) is 4.60. The first-order valence-electron chi connectivity index (χ1n) is 4.78. The maximum Gasteiger partial charge on any atom is 0.266 e. The van der Waals surface area contributed by atoms with Crippen LogP contribution in [0.15, 0.2) is 0 Å². The van der Waals surface area contributed by atoms with Gasteiger partial charge in [-0.15, -0.1) is 0 Å². The van der Waals surface area contributed by atoms with Crippen molar-refractivity contribution in [3.63, 3.8) is 0 Å². The van der Waals surface area contributed by atoms with Crippen LogP contribution in [-0.2, 0) is 0 Å². The van der Waals surface area contributed by atoms with Crippen molar-refractivity contribution in [3.05, 3.63) is 0 Å². The average molecular weight is 194 g/mol. The van der Waals surface area contributed by atoms with E-state index in [0.717, 1.165) is 0 Å². The van der Waals surface area contributed by atoms with Crippen molar-refractivity contribution < 1.29 is 13.9 Å². The molecule has 0 aromatic carbocycles. The van der Waals surface area contributed by atoms with E-state index in [4.69, 9.17) is 0 Å². The van der Waals surface area contributed by atoms with Crippen LogP contribution in [0, 0.1) is 11.8 Å². The lowest BCUT2D eigenvalue weighted by Gasteiger charge is -2.30. The van der Waals surface area contributed by atoms with Gasteiger partial charge in [-0.3, -0.25) is 0 Å². The van der Waals surface area contributed by atoms with Gasteiger partial charge in [-0.1, -0.05) is 27.7 Å². The number of hydrogen-bond donors (Lipinski definition) is 1. The van der Waals surface area contributed by atoms with E-state index in [9.17, 15) is 13.9 Å². The quantitative estimate of drug-likeness (QED) is 0.713. The molecule has 0 aliphatic carbocycles. The third kappa shape index (κ3) is 4.55. The topological polar surface area (TPSA) is 20.2 Å². The molecule has 0 aromatic heterocycles. The lowest BCUT2D eigenvalue weighted by Crippen LogP contribution is -2.40. The highest BCUT2D eigenvalue weighted by Crippen LogP contribution is 2.30. The summed E-state index contributed by atoms with van der Waals surface area (Å²) in [5.74, 6) is 0.190. The van der Waals surface area contributed by atoms with Gasteiger partial charge in [-0.05, 0) is 24.7 Å². The smallest absolute Gasteiger partial charge is 0.266 e. The van der Waals surface area contributed by atoms with Crippen molar-refractivity contribution in [3.8, 4) is 0 Å². The first-order chi connectivity index (χ1) is 5.78. The van der Waals surface area contributed by atoms with Gasteiger partial charge in [0, 0.05) is 0 Å². The van der Waals surface area contributed by atoms with Crippen molar-refractivity contribution in [2.45, 2.75) is 52.6 Å². The molecule has 0 atom stereocenters. The van der Waals surface area contributed by atoms with E-state index in [2.05, 4.69) is 0 Å². The van der Waals surface area contributed by atoms with Crippen LogP contribution >= 0.6 is 0 Å². The molecule has 0 fully saturated rings. The second-order valence-corrected chi connectivity index (χ2v) is 4.60. The molecule has 0 heterocycles. The summed E-state index contributed by atoms with van der Waals surface area (Å²) in [6.07, 6.45) is -2.30. The Morgan fingerprint density at radius 1 is 1.00 bits per heavy atom. The molecule has 0 unspecified atom stereocenters. The molecule has 0 saturated heterocycles. The zero-order chi connectivity index (χ0) is 10.6. The Hall–Kier alpha value is -0.180. The minimum atomic E-state index is -2.64. The molecule has 0 aliphatic heterocycles. The SMILES string of the molecule is CC(C)CC(O)(CC(C)C)C(F)F. The fourth-order valence-electron chi connectivity index (χ4n) is 1.68. The summed E-state index contributed by atoms with van der Waals surface area (Å²) in [5.41, 5.74) is -1.79. The Bertz CT molecular complexity index is 134. The van der Waals surface area contributed by atoms with E-state index in [1.165, 1.54) is 0 Å². The molecular formula is C10H20F2O. The second kappa shape index (κ2) is 4.89. The zero-order valence-electron chi connectivity index (χ0n) is 8.85. The first kappa shape index (κ1) is 12.8. The summed E-state index contributed by atoms with van der Waals surface area (Å²) in [6.45, 7) is 7.36. The van der Waals surface area contributed by atoms with Gasteiger partial charge in [0.15, 0.2) is 0 Å². The first-order valence-corrected chi connectivity index (χ1v) is 4.78. The van der Waals surface area contributed by atoms with Gasteiger partial charge in [0.1, 0.15) is 5.60 Å². The maximum absolute atomic E-state index is 12.6. The summed E-state index contributed by atoms with van der Waals surface area (Å²) in [7, 11) is 0. The van der Waals surface area contributed by atoms with Gasteiger partial charge < -0.3 is 5.11 Å². The van der Waals surface area contributed by atoms with Crippen LogP contribution in [0.4, 0.5) is 8.78 Å². The molecule has 0 bridgehead atoms. The van der Waals surface area contributed by atoms with Crippen molar-refractivity contribution in [2.24, 2.45) is 11.8 Å². The molecule has 80 valence electrons. The van der Waals surface area contributed by atoms with E-state index in [0.29, 0.717) is 0 Å². The molecule has 1 N–H and O–H groups in total. The van der Waals surface area contributed by atoms with E-state index in [-0.39, 0.29) is 24.7 Å². The molecule has 3 heteroatoms. The molecule has 0 rings (SSSR count). The Balaban J connectivity index is 4.34. The van der Waals surface area contributed by atoms with Gasteiger partial charge in [-0.2, -0.15) is 0 Å². The number of rotatable bonds is 5. The number of halogens is 2. The van der Waals surface area contributed by atoms with Crippen molar-refractivity contribution in [1.82, 2.24) is 0 Å². The summed E-state index contributed by atoms with van der Waals surface area (Å²) in [4.78, 5) is 0. The van der Waals surface area contributed by atoms with Gasteiger partial charge in [-0.25, -0.2) is 8.78 Å². The van der Waals surface area contributed by atoms with E-state index in [1.54, 1.807) is 0 Å². The maximum atomic E-state index is 12.6.